The summed E-state index contributed by atoms with van der Waals surface area (Å²) in [6.45, 7) is -0.333. The van der Waals surface area contributed by atoms with Gasteiger partial charge in [-0.2, -0.15) is 13.2 Å². The Morgan fingerprint density at radius 1 is 1.36 bits per heavy atom. The molecule has 1 atom stereocenters. The molecule has 0 aliphatic carbocycles. The summed E-state index contributed by atoms with van der Waals surface area (Å²) in [5, 5.41) is 8.85. The fraction of sp³-hybridized carbons (Fsp3) is 0.462. The number of aromatic nitrogens is 1. The molecule has 9 heteroatoms. The average molecular weight is 318 g/mol. The molecule has 1 saturated heterocycles. The van der Waals surface area contributed by atoms with Crippen molar-refractivity contribution in [1.29, 1.82) is 0 Å². The van der Waals surface area contributed by atoms with Crippen molar-refractivity contribution in [3.05, 3.63) is 34.2 Å². The van der Waals surface area contributed by atoms with E-state index in [4.69, 9.17) is 5.11 Å². The Morgan fingerprint density at radius 2 is 2.05 bits per heavy atom. The molecule has 0 spiro atoms. The lowest BCUT2D eigenvalue weighted by atomic mass is 10.1. The predicted molar refractivity (Wildman–Crippen MR) is 68.0 cm³/mol. The van der Waals surface area contributed by atoms with E-state index in [0.717, 1.165) is 12.3 Å². The van der Waals surface area contributed by atoms with Crippen LogP contribution in [0.5, 0.6) is 0 Å². The van der Waals surface area contributed by atoms with E-state index in [1.54, 1.807) is 0 Å². The van der Waals surface area contributed by atoms with Crippen molar-refractivity contribution in [3.63, 3.8) is 0 Å². The standard InChI is InChI=1S/C13H13F3N2O4/c14-13(15,16)9-2-1-4-18(11(9)20)7-10(19)17-5-3-8(6-17)12(21)22/h1-2,4,8H,3,5-7H2,(H,21,22). The van der Waals surface area contributed by atoms with E-state index >= 15 is 0 Å². The van der Waals surface area contributed by atoms with Gasteiger partial charge in [0.25, 0.3) is 5.56 Å². The summed E-state index contributed by atoms with van der Waals surface area (Å²) in [6, 6.07) is 1.70. The molecule has 22 heavy (non-hydrogen) atoms. The van der Waals surface area contributed by atoms with Gasteiger partial charge in [0.15, 0.2) is 0 Å². The van der Waals surface area contributed by atoms with Crippen LogP contribution in [-0.2, 0) is 22.3 Å². The van der Waals surface area contributed by atoms with Crippen LogP contribution >= 0.6 is 0 Å². The van der Waals surface area contributed by atoms with Gasteiger partial charge in [0, 0.05) is 19.3 Å². The monoisotopic (exact) mass is 318 g/mol. The minimum Gasteiger partial charge on any atom is -0.481 e. The fourth-order valence-electron chi connectivity index (χ4n) is 2.31. The van der Waals surface area contributed by atoms with Gasteiger partial charge >= 0.3 is 12.1 Å². The van der Waals surface area contributed by atoms with E-state index in [-0.39, 0.29) is 13.1 Å². The number of pyridine rings is 1. The zero-order valence-corrected chi connectivity index (χ0v) is 11.3. The lowest BCUT2D eigenvalue weighted by Gasteiger charge is -2.17. The molecule has 120 valence electrons. The molecular formula is C13H13F3N2O4. The minimum atomic E-state index is -4.79. The number of hydrogen-bond donors (Lipinski definition) is 1. The van der Waals surface area contributed by atoms with Gasteiger partial charge in [0.2, 0.25) is 5.91 Å². The van der Waals surface area contributed by atoms with E-state index in [0.29, 0.717) is 17.1 Å². The van der Waals surface area contributed by atoms with E-state index in [9.17, 15) is 27.6 Å². The van der Waals surface area contributed by atoms with Crippen LogP contribution < -0.4 is 5.56 Å². The Bertz CT molecular complexity index is 653. The Hall–Kier alpha value is -2.32. The number of aliphatic carboxylic acids is 1. The number of amides is 1. The molecule has 1 aliphatic heterocycles. The highest BCUT2D eigenvalue weighted by molar-refractivity contribution is 5.78. The topological polar surface area (TPSA) is 79.6 Å². The molecule has 1 amide bonds. The number of nitrogens with zero attached hydrogens (tertiary/aromatic N) is 2. The van der Waals surface area contributed by atoms with Crippen molar-refractivity contribution < 1.29 is 27.9 Å². The van der Waals surface area contributed by atoms with Crippen LogP contribution in [0.1, 0.15) is 12.0 Å². The molecule has 1 unspecified atom stereocenters. The third-order valence-electron chi connectivity index (χ3n) is 3.52. The molecule has 2 rings (SSSR count). The maximum absolute atomic E-state index is 12.6. The second kappa shape index (κ2) is 5.82. The molecule has 1 aromatic heterocycles. The largest absolute Gasteiger partial charge is 0.481 e. The Balaban J connectivity index is 2.14. The summed E-state index contributed by atoms with van der Waals surface area (Å²) in [7, 11) is 0. The first-order valence-corrected chi connectivity index (χ1v) is 6.47. The minimum absolute atomic E-state index is 0.00186. The molecular weight excluding hydrogens is 305 g/mol. The second-order valence-electron chi connectivity index (χ2n) is 5.02. The molecule has 0 radical (unpaired) electrons. The molecule has 1 aromatic rings. The van der Waals surface area contributed by atoms with Gasteiger partial charge in [-0.05, 0) is 18.6 Å². The Morgan fingerprint density at radius 3 is 2.59 bits per heavy atom. The van der Waals surface area contributed by atoms with Crippen molar-refractivity contribution in [2.75, 3.05) is 13.1 Å². The zero-order valence-electron chi connectivity index (χ0n) is 11.3. The number of hydrogen-bond acceptors (Lipinski definition) is 3. The molecule has 0 saturated carbocycles. The van der Waals surface area contributed by atoms with E-state index in [1.165, 1.54) is 4.90 Å². The molecule has 6 nitrogen and oxygen atoms in total. The number of carbonyl (C=O) groups excluding carboxylic acids is 1. The summed E-state index contributed by atoms with van der Waals surface area (Å²) < 4.78 is 38.6. The summed E-state index contributed by atoms with van der Waals surface area (Å²) in [5.41, 5.74) is -2.63. The molecule has 1 N–H and O–H groups in total. The highest BCUT2D eigenvalue weighted by Gasteiger charge is 2.35. The second-order valence-corrected chi connectivity index (χ2v) is 5.02. The van der Waals surface area contributed by atoms with Crippen LogP contribution in [0.4, 0.5) is 13.2 Å². The van der Waals surface area contributed by atoms with Crippen LogP contribution in [0.25, 0.3) is 0 Å². The SMILES string of the molecule is O=C(O)C1CCN(C(=O)Cn2cccc(C(F)(F)F)c2=O)C1. The van der Waals surface area contributed by atoms with Crippen molar-refractivity contribution in [2.24, 2.45) is 5.92 Å². The number of rotatable bonds is 3. The normalized spacial score (nSPS) is 18.5. The maximum atomic E-state index is 12.6. The molecule has 0 bridgehead atoms. The lowest BCUT2D eigenvalue weighted by Crippen LogP contribution is -2.37. The van der Waals surface area contributed by atoms with Crippen LogP contribution in [0.2, 0.25) is 0 Å². The summed E-state index contributed by atoms with van der Waals surface area (Å²) >= 11 is 0. The van der Waals surface area contributed by atoms with Crippen molar-refractivity contribution in [1.82, 2.24) is 9.47 Å². The Labute approximate surface area is 122 Å². The number of carboxylic acid groups (broad SMARTS) is 1. The smallest absolute Gasteiger partial charge is 0.421 e. The number of halogens is 3. The number of carboxylic acids is 1. The van der Waals surface area contributed by atoms with Gasteiger partial charge in [-0.3, -0.25) is 14.4 Å². The van der Waals surface area contributed by atoms with Crippen LogP contribution in [0.15, 0.2) is 23.1 Å². The number of alkyl halides is 3. The molecule has 2 heterocycles. The highest BCUT2D eigenvalue weighted by atomic mass is 19.4. The predicted octanol–water partition coefficient (Wildman–Crippen LogP) is 0.800. The summed E-state index contributed by atoms with van der Waals surface area (Å²) in [5.74, 6) is -2.28. The van der Waals surface area contributed by atoms with Gasteiger partial charge in [0.1, 0.15) is 12.1 Å². The zero-order chi connectivity index (χ0) is 16.5. The summed E-state index contributed by atoms with van der Waals surface area (Å²) in [4.78, 5) is 35.8. The highest BCUT2D eigenvalue weighted by Crippen LogP contribution is 2.26. The molecule has 1 fully saturated rings. The van der Waals surface area contributed by atoms with E-state index < -0.39 is 41.6 Å². The van der Waals surface area contributed by atoms with Crippen molar-refractivity contribution in [3.8, 4) is 0 Å². The number of likely N-dealkylation sites (tertiary alicyclic amines) is 1. The third-order valence-corrected chi connectivity index (χ3v) is 3.52. The van der Waals surface area contributed by atoms with Gasteiger partial charge in [-0.1, -0.05) is 0 Å². The third kappa shape index (κ3) is 3.29. The van der Waals surface area contributed by atoms with Gasteiger partial charge in [0.05, 0.1) is 5.92 Å². The first kappa shape index (κ1) is 16.1. The van der Waals surface area contributed by atoms with Crippen molar-refractivity contribution >= 4 is 11.9 Å². The Kier molecular flexibility index (Phi) is 4.25. The number of carbonyl (C=O) groups is 2. The fourth-order valence-corrected chi connectivity index (χ4v) is 2.31. The first-order chi connectivity index (χ1) is 10.2. The van der Waals surface area contributed by atoms with Crippen LogP contribution in [-0.4, -0.2) is 39.5 Å². The van der Waals surface area contributed by atoms with Crippen LogP contribution in [0.3, 0.4) is 0 Å². The quantitative estimate of drug-likeness (QED) is 0.894. The van der Waals surface area contributed by atoms with E-state index in [2.05, 4.69) is 0 Å². The van der Waals surface area contributed by atoms with Gasteiger partial charge < -0.3 is 14.6 Å². The lowest BCUT2D eigenvalue weighted by molar-refractivity contribution is -0.142. The average Bonchev–Trinajstić information content (AvgIpc) is 2.89. The first-order valence-electron chi connectivity index (χ1n) is 6.47. The molecule has 0 aromatic carbocycles. The molecule has 1 aliphatic rings. The van der Waals surface area contributed by atoms with E-state index in [1.807, 2.05) is 0 Å². The van der Waals surface area contributed by atoms with Crippen molar-refractivity contribution in [2.45, 2.75) is 19.1 Å². The van der Waals surface area contributed by atoms with Gasteiger partial charge in [-0.15, -0.1) is 0 Å². The maximum Gasteiger partial charge on any atom is 0.421 e. The summed E-state index contributed by atoms with van der Waals surface area (Å²) in [6.07, 6.45) is -3.40. The van der Waals surface area contributed by atoms with Crippen LogP contribution in [0, 0.1) is 5.92 Å². The van der Waals surface area contributed by atoms with Gasteiger partial charge in [-0.25, -0.2) is 0 Å².